The zero-order valence-corrected chi connectivity index (χ0v) is 14.8. The molecule has 6 aromatic rings. The molecule has 0 radical (unpaired) electrons. The molecule has 0 amide bonds. The number of hydrogen-bond acceptors (Lipinski definition) is 5. The van der Waals surface area contributed by atoms with Gasteiger partial charge in [-0.1, -0.05) is 24.3 Å². The number of nitrogens with zero attached hydrogens (tertiary/aromatic N) is 6. The molecule has 0 aliphatic rings. The van der Waals surface area contributed by atoms with Crippen molar-refractivity contribution in [1.29, 1.82) is 0 Å². The molecule has 0 aliphatic carbocycles. The van der Waals surface area contributed by atoms with Crippen LogP contribution in [0.3, 0.4) is 0 Å². The van der Waals surface area contributed by atoms with E-state index < -0.39 is 0 Å². The van der Waals surface area contributed by atoms with Crippen molar-refractivity contribution >= 4 is 44.8 Å². The lowest BCUT2D eigenvalue weighted by Gasteiger charge is -2.09. The predicted octanol–water partition coefficient (Wildman–Crippen LogP) is 4.37. The van der Waals surface area contributed by atoms with E-state index in [0.717, 1.165) is 44.5 Å². The van der Waals surface area contributed by atoms with Gasteiger partial charge in [0, 0.05) is 0 Å². The van der Waals surface area contributed by atoms with Gasteiger partial charge in [-0.3, -0.25) is 9.13 Å². The molecule has 3 aromatic carbocycles. The Labute approximate surface area is 157 Å². The summed E-state index contributed by atoms with van der Waals surface area (Å²) >= 11 is 1.22. The van der Waals surface area contributed by atoms with E-state index in [1.54, 1.807) is 0 Å². The minimum absolute atomic E-state index is 0.860. The van der Waals surface area contributed by atoms with Crippen LogP contribution in [0.25, 0.3) is 44.5 Å². The lowest BCUT2D eigenvalue weighted by atomic mass is 10.2. The molecule has 27 heavy (non-hydrogen) atoms. The Morgan fingerprint density at radius 2 is 1.07 bits per heavy atom. The maximum Gasteiger partial charge on any atom is 0.130 e. The van der Waals surface area contributed by atoms with Gasteiger partial charge in [-0.05, 0) is 36.4 Å². The number of rotatable bonds is 2. The van der Waals surface area contributed by atoms with E-state index in [9.17, 15) is 0 Å². The van der Waals surface area contributed by atoms with Crippen molar-refractivity contribution in [1.82, 2.24) is 27.8 Å². The first-order chi connectivity index (χ1) is 13.4. The summed E-state index contributed by atoms with van der Waals surface area (Å²) in [6, 6.07) is 20.3. The van der Waals surface area contributed by atoms with Gasteiger partial charge in [-0.2, -0.15) is 8.75 Å². The summed E-state index contributed by atoms with van der Waals surface area (Å²) in [6.45, 7) is 0. The summed E-state index contributed by atoms with van der Waals surface area (Å²) in [6.07, 6.45) is 3.68. The lowest BCUT2D eigenvalue weighted by Crippen LogP contribution is -1.98. The zero-order valence-electron chi connectivity index (χ0n) is 14.0. The molecule has 0 fully saturated rings. The summed E-state index contributed by atoms with van der Waals surface area (Å²) in [5, 5.41) is 0. The second kappa shape index (κ2) is 5.46. The Kier molecular flexibility index (Phi) is 2.95. The Bertz CT molecular complexity index is 1330. The summed E-state index contributed by atoms with van der Waals surface area (Å²) in [5.74, 6) is 0. The summed E-state index contributed by atoms with van der Waals surface area (Å²) in [7, 11) is 0. The molecule has 0 aliphatic heterocycles. The maximum absolute atomic E-state index is 4.58. The maximum atomic E-state index is 4.58. The Morgan fingerprint density at radius 1 is 0.593 bits per heavy atom. The average molecular weight is 368 g/mol. The highest BCUT2D eigenvalue weighted by atomic mass is 32.1. The molecule has 0 atom stereocenters. The van der Waals surface area contributed by atoms with Crippen LogP contribution in [0.5, 0.6) is 0 Å². The van der Waals surface area contributed by atoms with Gasteiger partial charge in [0.25, 0.3) is 0 Å². The molecule has 0 saturated heterocycles. The van der Waals surface area contributed by atoms with Crippen molar-refractivity contribution < 1.29 is 0 Å². The smallest absolute Gasteiger partial charge is 0.130 e. The largest absolute Gasteiger partial charge is 0.297 e. The minimum atomic E-state index is 0.860. The Hall–Kier alpha value is -3.58. The van der Waals surface area contributed by atoms with Crippen LogP contribution in [0.1, 0.15) is 0 Å². The second-order valence-electron chi connectivity index (χ2n) is 6.27. The number of fused-ring (bicyclic) bond motifs is 3. The fraction of sp³-hybridized carbons (Fsp3) is 0. The molecule has 0 unspecified atom stereocenters. The summed E-state index contributed by atoms with van der Waals surface area (Å²) < 4.78 is 13.3. The Morgan fingerprint density at radius 3 is 1.59 bits per heavy atom. The minimum Gasteiger partial charge on any atom is -0.297 e. The van der Waals surface area contributed by atoms with Crippen molar-refractivity contribution in [3.05, 3.63) is 73.3 Å². The number of imidazole rings is 2. The van der Waals surface area contributed by atoms with E-state index in [4.69, 9.17) is 0 Å². The van der Waals surface area contributed by atoms with E-state index >= 15 is 0 Å². The molecule has 3 heterocycles. The van der Waals surface area contributed by atoms with Crippen molar-refractivity contribution in [2.75, 3.05) is 0 Å². The monoisotopic (exact) mass is 368 g/mol. The molecule has 0 N–H and O–H groups in total. The summed E-state index contributed by atoms with van der Waals surface area (Å²) in [4.78, 5) is 9.00. The molecular weight excluding hydrogens is 356 g/mol. The number of hydrogen-bond donors (Lipinski definition) is 0. The van der Waals surface area contributed by atoms with Crippen LogP contribution in [-0.2, 0) is 0 Å². The van der Waals surface area contributed by atoms with E-state index in [0.29, 0.717) is 0 Å². The molecule has 6 rings (SSSR count). The van der Waals surface area contributed by atoms with Crippen LogP contribution < -0.4 is 0 Å². The highest BCUT2D eigenvalue weighted by Gasteiger charge is 2.16. The predicted molar refractivity (Wildman–Crippen MR) is 107 cm³/mol. The van der Waals surface area contributed by atoms with Crippen LogP contribution in [0.15, 0.2) is 73.3 Å². The van der Waals surface area contributed by atoms with E-state index in [1.165, 1.54) is 11.7 Å². The Balaban J connectivity index is 1.63. The molecule has 128 valence electrons. The number of aromatic nitrogens is 6. The van der Waals surface area contributed by atoms with Gasteiger partial charge < -0.3 is 0 Å². The quantitative estimate of drug-likeness (QED) is 0.455. The van der Waals surface area contributed by atoms with Gasteiger partial charge in [-0.25, -0.2) is 9.97 Å². The standard InChI is InChI=1S/C20H12N6S/c1-3-7-15-13(5-1)21-11-25(15)17-9-10-18(20-19(17)23-27-24-20)26-12-22-14-6-2-4-8-16(14)26/h1-12H. The first-order valence-corrected chi connectivity index (χ1v) is 9.23. The fourth-order valence-electron chi connectivity index (χ4n) is 3.53. The first kappa shape index (κ1) is 14.6. The van der Waals surface area contributed by atoms with Gasteiger partial charge in [-0.15, -0.1) is 0 Å². The average Bonchev–Trinajstić information content (AvgIpc) is 3.45. The SMILES string of the molecule is c1ccc2c(c1)ncn2-c1ccc(-n2cnc3ccccc32)c2nsnc12. The van der Waals surface area contributed by atoms with Crippen LogP contribution >= 0.6 is 11.7 Å². The third kappa shape index (κ3) is 2.06. The van der Waals surface area contributed by atoms with Crippen LogP contribution in [0.4, 0.5) is 0 Å². The fourth-order valence-corrected chi connectivity index (χ4v) is 4.10. The van der Waals surface area contributed by atoms with Gasteiger partial charge in [0.1, 0.15) is 23.7 Å². The van der Waals surface area contributed by atoms with Gasteiger partial charge in [0.15, 0.2) is 0 Å². The topological polar surface area (TPSA) is 61.4 Å². The zero-order chi connectivity index (χ0) is 17.8. The molecule has 3 aromatic heterocycles. The third-order valence-electron chi connectivity index (χ3n) is 4.80. The normalized spacial score (nSPS) is 11.7. The van der Waals surface area contributed by atoms with Crippen LogP contribution in [-0.4, -0.2) is 27.8 Å². The molecule has 0 spiro atoms. The first-order valence-electron chi connectivity index (χ1n) is 8.50. The van der Waals surface area contributed by atoms with E-state index in [2.05, 4.69) is 52.1 Å². The van der Waals surface area contributed by atoms with Crippen molar-refractivity contribution in [3.63, 3.8) is 0 Å². The number of benzene rings is 3. The molecular formula is C20H12N6S. The molecule has 7 heteroatoms. The third-order valence-corrected chi connectivity index (χ3v) is 5.33. The molecule has 0 saturated carbocycles. The molecule has 0 bridgehead atoms. The highest BCUT2D eigenvalue weighted by Crippen LogP contribution is 2.30. The highest BCUT2D eigenvalue weighted by molar-refractivity contribution is 7.00. The van der Waals surface area contributed by atoms with Crippen molar-refractivity contribution in [2.24, 2.45) is 0 Å². The van der Waals surface area contributed by atoms with Gasteiger partial charge in [0.2, 0.25) is 0 Å². The molecule has 6 nitrogen and oxygen atoms in total. The summed E-state index contributed by atoms with van der Waals surface area (Å²) in [5.41, 5.74) is 7.68. The van der Waals surface area contributed by atoms with Crippen LogP contribution in [0, 0.1) is 0 Å². The van der Waals surface area contributed by atoms with E-state index in [-0.39, 0.29) is 0 Å². The number of para-hydroxylation sites is 4. The van der Waals surface area contributed by atoms with Crippen molar-refractivity contribution in [3.8, 4) is 11.4 Å². The second-order valence-corrected chi connectivity index (χ2v) is 6.80. The van der Waals surface area contributed by atoms with Crippen molar-refractivity contribution in [2.45, 2.75) is 0 Å². The van der Waals surface area contributed by atoms with Crippen LogP contribution in [0.2, 0.25) is 0 Å². The van der Waals surface area contributed by atoms with Gasteiger partial charge in [0.05, 0.1) is 45.2 Å². The lowest BCUT2D eigenvalue weighted by molar-refractivity contribution is 1.08. The van der Waals surface area contributed by atoms with E-state index in [1.807, 2.05) is 49.1 Å². The van der Waals surface area contributed by atoms with Gasteiger partial charge >= 0.3 is 0 Å².